The largest absolute Gasteiger partial charge is 0.493 e. The summed E-state index contributed by atoms with van der Waals surface area (Å²) in [5.41, 5.74) is 4.08. The van der Waals surface area contributed by atoms with Crippen LogP contribution in [0.2, 0.25) is 0 Å². The summed E-state index contributed by atoms with van der Waals surface area (Å²) in [6, 6.07) is 18.9. The highest BCUT2D eigenvalue weighted by Gasteiger charge is 2.14. The molecule has 0 spiro atoms. The maximum atomic E-state index is 6.14. The molecule has 0 atom stereocenters. The van der Waals surface area contributed by atoms with E-state index in [0.29, 0.717) is 35.0 Å². The van der Waals surface area contributed by atoms with Crippen LogP contribution in [0.5, 0.6) is 17.4 Å². The Labute approximate surface area is 189 Å². The van der Waals surface area contributed by atoms with Gasteiger partial charge in [-0.1, -0.05) is 12.1 Å². The summed E-state index contributed by atoms with van der Waals surface area (Å²) in [6.45, 7) is 0. The van der Waals surface area contributed by atoms with Gasteiger partial charge < -0.3 is 25.1 Å². The highest BCUT2D eigenvalue weighted by Crippen LogP contribution is 2.37. The van der Waals surface area contributed by atoms with Gasteiger partial charge in [-0.3, -0.25) is 0 Å². The molecule has 0 bridgehead atoms. The van der Waals surface area contributed by atoms with E-state index >= 15 is 0 Å². The molecule has 0 fully saturated rings. The molecule has 0 unspecified atom stereocenters. The second kappa shape index (κ2) is 8.83. The zero-order valence-electron chi connectivity index (χ0n) is 18.0. The van der Waals surface area contributed by atoms with Crippen LogP contribution in [-0.4, -0.2) is 39.1 Å². The zero-order valence-corrected chi connectivity index (χ0v) is 18.0. The number of para-hydroxylation sites is 2. The highest BCUT2D eigenvalue weighted by molar-refractivity contribution is 5.78. The molecule has 0 aliphatic carbocycles. The first-order valence-corrected chi connectivity index (χ1v) is 10.3. The first kappa shape index (κ1) is 20.3. The fourth-order valence-corrected chi connectivity index (χ4v) is 3.38. The van der Waals surface area contributed by atoms with Crippen LogP contribution in [0.1, 0.15) is 0 Å². The Bertz CT molecular complexity index is 1380. The summed E-state index contributed by atoms with van der Waals surface area (Å²) in [4.78, 5) is 20.9. The van der Waals surface area contributed by atoms with E-state index in [2.05, 4.69) is 35.6 Å². The molecular formula is C24H21N7O2. The van der Waals surface area contributed by atoms with Gasteiger partial charge in [-0.2, -0.15) is 0 Å². The van der Waals surface area contributed by atoms with E-state index in [1.54, 1.807) is 26.6 Å². The van der Waals surface area contributed by atoms with Crippen molar-refractivity contribution in [1.29, 1.82) is 0 Å². The van der Waals surface area contributed by atoms with E-state index in [1.165, 1.54) is 0 Å². The number of aromatic nitrogens is 5. The van der Waals surface area contributed by atoms with Crippen LogP contribution >= 0.6 is 0 Å². The van der Waals surface area contributed by atoms with Crippen molar-refractivity contribution in [2.45, 2.75) is 0 Å². The summed E-state index contributed by atoms with van der Waals surface area (Å²) in [5.74, 6) is 2.64. The number of rotatable bonds is 7. The molecule has 0 radical (unpaired) electrons. The fourth-order valence-electron chi connectivity index (χ4n) is 3.38. The van der Waals surface area contributed by atoms with Crippen LogP contribution < -0.4 is 20.1 Å². The van der Waals surface area contributed by atoms with E-state index in [9.17, 15) is 0 Å². The van der Waals surface area contributed by atoms with Crippen molar-refractivity contribution in [3.8, 4) is 28.6 Å². The zero-order chi connectivity index (χ0) is 22.6. The molecule has 0 aliphatic heterocycles. The first-order valence-electron chi connectivity index (χ1n) is 10.3. The van der Waals surface area contributed by atoms with Gasteiger partial charge in [-0.05, 0) is 42.5 Å². The van der Waals surface area contributed by atoms with Gasteiger partial charge in [0.2, 0.25) is 17.8 Å². The molecule has 5 aromatic rings. The molecule has 9 heteroatoms. The minimum absolute atomic E-state index is 0.412. The molecule has 2 aromatic carbocycles. The smallest absolute Gasteiger partial charge is 0.228 e. The van der Waals surface area contributed by atoms with E-state index in [0.717, 1.165) is 22.3 Å². The van der Waals surface area contributed by atoms with E-state index in [-0.39, 0.29) is 0 Å². The monoisotopic (exact) mass is 439 g/mol. The van der Waals surface area contributed by atoms with Crippen LogP contribution in [0.25, 0.3) is 22.3 Å². The fraction of sp³-hybridized carbons (Fsp3) is 0.0833. The molecule has 0 saturated carbocycles. The van der Waals surface area contributed by atoms with Crippen molar-refractivity contribution >= 4 is 28.6 Å². The number of nitrogens with one attached hydrogen (secondary N) is 3. The molecule has 5 rings (SSSR count). The lowest BCUT2D eigenvalue weighted by Crippen LogP contribution is -1.99. The van der Waals surface area contributed by atoms with Crippen LogP contribution in [0, 0.1) is 0 Å². The third kappa shape index (κ3) is 4.24. The number of hydrogen-bond acceptors (Lipinski definition) is 8. The molecule has 0 aliphatic rings. The van der Waals surface area contributed by atoms with Crippen LogP contribution in [0.15, 0.2) is 73.1 Å². The van der Waals surface area contributed by atoms with Crippen LogP contribution in [-0.2, 0) is 0 Å². The predicted octanol–water partition coefficient (Wildman–Crippen LogP) is 5.00. The number of imidazole rings is 1. The van der Waals surface area contributed by atoms with Gasteiger partial charge >= 0.3 is 0 Å². The Morgan fingerprint density at radius 2 is 1.79 bits per heavy atom. The average Bonchev–Trinajstić information content (AvgIpc) is 3.27. The van der Waals surface area contributed by atoms with E-state index < -0.39 is 0 Å². The molecule has 3 heterocycles. The minimum Gasteiger partial charge on any atom is -0.493 e. The molecule has 0 saturated heterocycles. The summed E-state index contributed by atoms with van der Waals surface area (Å²) in [6.07, 6.45) is 3.35. The lowest BCUT2D eigenvalue weighted by molar-refractivity contribution is 0.375. The van der Waals surface area contributed by atoms with E-state index in [4.69, 9.17) is 9.47 Å². The third-order valence-corrected chi connectivity index (χ3v) is 4.95. The number of hydrogen-bond donors (Lipinski definition) is 3. The number of benzene rings is 2. The first-order chi connectivity index (χ1) is 16.2. The predicted molar refractivity (Wildman–Crippen MR) is 127 cm³/mol. The topological polar surface area (TPSA) is 110 Å². The number of anilines is 3. The molecular weight excluding hydrogens is 418 g/mol. The van der Waals surface area contributed by atoms with Crippen molar-refractivity contribution in [3.05, 3.63) is 73.1 Å². The van der Waals surface area contributed by atoms with Gasteiger partial charge in [0.1, 0.15) is 0 Å². The Balaban J connectivity index is 1.42. The Morgan fingerprint density at radius 1 is 0.879 bits per heavy atom. The molecule has 0 amide bonds. The van der Waals surface area contributed by atoms with E-state index in [1.807, 2.05) is 60.7 Å². The number of aromatic amines is 1. The Morgan fingerprint density at radius 3 is 2.64 bits per heavy atom. The van der Waals surface area contributed by atoms with Crippen molar-refractivity contribution in [3.63, 3.8) is 0 Å². The number of fused-ring (bicyclic) bond motifs is 1. The van der Waals surface area contributed by atoms with Crippen molar-refractivity contribution in [2.75, 3.05) is 24.8 Å². The second-order valence-corrected chi connectivity index (χ2v) is 7.07. The molecule has 3 N–H and O–H groups in total. The van der Waals surface area contributed by atoms with Crippen molar-refractivity contribution in [2.24, 2.45) is 0 Å². The van der Waals surface area contributed by atoms with Gasteiger partial charge in [-0.15, -0.1) is 0 Å². The Hall–Kier alpha value is -4.66. The quantitative estimate of drug-likeness (QED) is 0.325. The molecule has 33 heavy (non-hydrogen) atoms. The number of ether oxygens (including phenoxy) is 2. The van der Waals surface area contributed by atoms with Crippen molar-refractivity contribution in [1.82, 2.24) is 24.9 Å². The lowest BCUT2D eigenvalue weighted by atomic mass is 10.2. The molecule has 164 valence electrons. The normalized spacial score (nSPS) is 10.7. The maximum absolute atomic E-state index is 6.14. The Kier molecular flexibility index (Phi) is 5.42. The molecule has 9 nitrogen and oxygen atoms in total. The van der Waals surface area contributed by atoms with Gasteiger partial charge in [0.15, 0.2) is 11.5 Å². The number of H-pyrrole nitrogens is 1. The summed E-state index contributed by atoms with van der Waals surface area (Å²) in [7, 11) is 3.36. The summed E-state index contributed by atoms with van der Waals surface area (Å²) >= 11 is 0. The number of methoxy groups -OCH3 is 1. The molecule has 3 aromatic heterocycles. The summed E-state index contributed by atoms with van der Waals surface area (Å²) < 4.78 is 11.7. The lowest BCUT2D eigenvalue weighted by Gasteiger charge is -2.14. The second-order valence-electron chi connectivity index (χ2n) is 7.07. The number of pyridine rings is 1. The minimum atomic E-state index is 0.412. The van der Waals surface area contributed by atoms with Crippen molar-refractivity contribution < 1.29 is 9.47 Å². The number of nitrogens with zero attached hydrogens (tertiary/aromatic N) is 4. The summed E-state index contributed by atoms with van der Waals surface area (Å²) in [5, 5.41) is 6.21. The highest BCUT2D eigenvalue weighted by atomic mass is 16.5. The van der Waals surface area contributed by atoms with Gasteiger partial charge in [-0.25, -0.2) is 19.9 Å². The van der Waals surface area contributed by atoms with Gasteiger partial charge in [0, 0.05) is 31.2 Å². The average molecular weight is 439 g/mol. The maximum Gasteiger partial charge on any atom is 0.228 e. The van der Waals surface area contributed by atoms with Crippen LogP contribution in [0.4, 0.5) is 17.6 Å². The SMILES string of the molecule is CNc1nccc(-c2cccnc2Oc2ccc(Nc3nc4ccccc4[nH]3)cc2OC)n1. The standard InChI is InChI=1S/C24H21N7O2/c1-25-23-27-13-11-17(29-23)16-6-5-12-26-22(16)33-20-10-9-15(14-21(20)32-2)28-24-30-18-7-3-4-8-19(18)31-24/h3-14H,1-2H3,(H,25,27,29)(H2,28,30,31). The third-order valence-electron chi connectivity index (χ3n) is 4.95. The van der Waals surface area contributed by atoms with Gasteiger partial charge in [0.05, 0.1) is 29.4 Å². The van der Waals surface area contributed by atoms with Gasteiger partial charge in [0.25, 0.3) is 0 Å². The van der Waals surface area contributed by atoms with Crippen LogP contribution in [0.3, 0.4) is 0 Å².